The van der Waals surface area contributed by atoms with Gasteiger partial charge in [0.2, 0.25) is 0 Å². The van der Waals surface area contributed by atoms with Crippen LogP contribution in [0.1, 0.15) is 40.7 Å². The number of methoxy groups -OCH3 is 2. The van der Waals surface area contributed by atoms with E-state index in [0.717, 1.165) is 54.3 Å². The van der Waals surface area contributed by atoms with Crippen LogP contribution in [0.4, 0.5) is 17.1 Å². The fraction of sp³-hybridized carbons (Fsp3) is 0.267. The van der Waals surface area contributed by atoms with Gasteiger partial charge < -0.3 is 19.5 Å². The van der Waals surface area contributed by atoms with Gasteiger partial charge in [-0.15, -0.1) is 0 Å². The van der Waals surface area contributed by atoms with Crippen molar-refractivity contribution in [1.82, 2.24) is 5.43 Å². The molecule has 0 bridgehead atoms. The number of amides is 1. The molecule has 1 amide bonds. The van der Waals surface area contributed by atoms with Crippen molar-refractivity contribution in [3.8, 4) is 11.5 Å². The third kappa shape index (κ3) is 6.54. The third-order valence-corrected chi connectivity index (χ3v) is 7.34. The number of aryl methyl sites for hydroxylation is 1. The lowest BCUT2D eigenvalue weighted by Gasteiger charge is -2.35. The zero-order chi connectivity index (χ0) is 27.9. The molecule has 3 aromatic rings. The van der Waals surface area contributed by atoms with Crippen molar-refractivity contribution in [3.05, 3.63) is 81.8 Å². The number of ether oxygens (including phenoxy) is 2. The maximum atomic E-state index is 13.3. The highest BCUT2D eigenvalue weighted by molar-refractivity contribution is 9.10. The van der Waals surface area contributed by atoms with Gasteiger partial charge in [-0.2, -0.15) is 0 Å². The van der Waals surface area contributed by atoms with E-state index in [1.807, 2.05) is 48.3 Å². The molecule has 4 rings (SSSR count). The SMILES string of the molecule is COc1ccc(N(NC(=O)/C=C/c2cc(OC)c(C(=O)O)cc2Br)c2c(C)cccc2N2CCCCC2)cc1. The number of benzene rings is 3. The van der Waals surface area contributed by atoms with E-state index >= 15 is 0 Å². The van der Waals surface area contributed by atoms with Gasteiger partial charge >= 0.3 is 5.97 Å². The highest BCUT2D eigenvalue weighted by Crippen LogP contribution is 2.38. The van der Waals surface area contributed by atoms with Gasteiger partial charge in [0.15, 0.2) is 0 Å². The minimum Gasteiger partial charge on any atom is -0.497 e. The van der Waals surface area contributed by atoms with E-state index in [9.17, 15) is 14.7 Å². The Labute approximate surface area is 236 Å². The first-order chi connectivity index (χ1) is 18.8. The van der Waals surface area contributed by atoms with Crippen LogP contribution in [0.25, 0.3) is 6.08 Å². The first-order valence-corrected chi connectivity index (χ1v) is 13.5. The highest BCUT2D eigenvalue weighted by atomic mass is 79.9. The molecule has 1 heterocycles. The molecule has 0 atom stereocenters. The van der Waals surface area contributed by atoms with E-state index in [0.29, 0.717) is 10.0 Å². The van der Waals surface area contributed by atoms with Crippen molar-refractivity contribution in [3.63, 3.8) is 0 Å². The molecule has 8 nitrogen and oxygen atoms in total. The molecule has 1 aliphatic rings. The van der Waals surface area contributed by atoms with E-state index in [1.54, 1.807) is 19.3 Å². The highest BCUT2D eigenvalue weighted by Gasteiger charge is 2.22. The Bertz CT molecular complexity index is 1370. The van der Waals surface area contributed by atoms with Gasteiger partial charge in [-0.1, -0.05) is 28.1 Å². The number of carbonyl (C=O) groups is 2. The van der Waals surface area contributed by atoms with Crippen molar-refractivity contribution in [2.45, 2.75) is 26.2 Å². The van der Waals surface area contributed by atoms with Gasteiger partial charge in [0.1, 0.15) is 17.1 Å². The summed E-state index contributed by atoms with van der Waals surface area (Å²) in [6.45, 7) is 3.96. The number of carboxylic acid groups (broad SMARTS) is 1. The van der Waals surface area contributed by atoms with Gasteiger partial charge in [-0.3, -0.25) is 15.2 Å². The molecule has 0 unspecified atom stereocenters. The number of piperidine rings is 1. The zero-order valence-corrected chi connectivity index (χ0v) is 23.8. The Hall–Kier alpha value is -3.98. The van der Waals surface area contributed by atoms with Crippen molar-refractivity contribution in [1.29, 1.82) is 0 Å². The predicted octanol–water partition coefficient (Wildman–Crippen LogP) is 6.35. The molecule has 0 aromatic heterocycles. The number of anilines is 3. The van der Waals surface area contributed by atoms with Crippen LogP contribution in [0, 0.1) is 6.92 Å². The number of nitrogens with zero attached hydrogens (tertiary/aromatic N) is 2. The van der Waals surface area contributed by atoms with Crippen LogP contribution >= 0.6 is 15.9 Å². The molecule has 1 aliphatic heterocycles. The quantitative estimate of drug-likeness (QED) is 0.221. The zero-order valence-electron chi connectivity index (χ0n) is 22.2. The number of hydrogen-bond acceptors (Lipinski definition) is 6. The lowest BCUT2D eigenvalue weighted by molar-refractivity contribution is -0.116. The van der Waals surface area contributed by atoms with Gasteiger partial charge in [-0.05, 0) is 85.9 Å². The number of aromatic carboxylic acids is 1. The first kappa shape index (κ1) is 28.0. The van der Waals surface area contributed by atoms with Gasteiger partial charge in [0, 0.05) is 23.6 Å². The molecule has 39 heavy (non-hydrogen) atoms. The number of hydrazine groups is 1. The summed E-state index contributed by atoms with van der Waals surface area (Å²) >= 11 is 3.40. The topological polar surface area (TPSA) is 91.3 Å². The van der Waals surface area contributed by atoms with Gasteiger partial charge in [0.05, 0.1) is 31.3 Å². The largest absolute Gasteiger partial charge is 0.497 e. The summed E-state index contributed by atoms with van der Waals surface area (Å²) in [5.74, 6) is -0.531. The molecule has 1 saturated heterocycles. The van der Waals surface area contributed by atoms with Gasteiger partial charge in [0.25, 0.3) is 5.91 Å². The van der Waals surface area contributed by atoms with Crippen LogP contribution in [0.3, 0.4) is 0 Å². The van der Waals surface area contributed by atoms with E-state index in [4.69, 9.17) is 9.47 Å². The molecule has 0 aliphatic carbocycles. The maximum absolute atomic E-state index is 13.3. The number of nitrogens with one attached hydrogen (secondary N) is 1. The molecule has 9 heteroatoms. The summed E-state index contributed by atoms with van der Waals surface area (Å²) in [6, 6.07) is 16.7. The molecule has 2 N–H and O–H groups in total. The van der Waals surface area contributed by atoms with Crippen LogP contribution in [-0.2, 0) is 4.79 Å². The minimum absolute atomic E-state index is 0.0291. The average Bonchev–Trinajstić information content (AvgIpc) is 2.95. The lowest BCUT2D eigenvalue weighted by Crippen LogP contribution is -2.40. The first-order valence-electron chi connectivity index (χ1n) is 12.7. The van der Waals surface area contributed by atoms with E-state index in [1.165, 1.54) is 25.7 Å². The van der Waals surface area contributed by atoms with Crippen molar-refractivity contribution < 1.29 is 24.2 Å². The number of para-hydroxylation sites is 1. The third-order valence-electron chi connectivity index (χ3n) is 6.65. The molecule has 3 aromatic carbocycles. The van der Waals surface area contributed by atoms with E-state index in [2.05, 4.69) is 32.3 Å². The number of rotatable bonds is 9. The predicted molar refractivity (Wildman–Crippen MR) is 157 cm³/mol. The summed E-state index contributed by atoms with van der Waals surface area (Å²) in [5, 5.41) is 11.2. The van der Waals surface area contributed by atoms with Crippen LogP contribution in [0.2, 0.25) is 0 Å². The summed E-state index contributed by atoms with van der Waals surface area (Å²) in [7, 11) is 3.02. The minimum atomic E-state index is -1.10. The van der Waals surface area contributed by atoms with Crippen LogP contribution in [-0.4, -0.2) is 44.3 Å². The second kappa shape index (κ2) is 12.7. The molecule has 0 spiro atoms. The number of carbonyl (C=O) groups excluding carboxylic acids is 1. The normalized spacial score (nSPS) is 13.3. The smallest absolute Gasteiger partial charge is 0.339 e. The maximum Gasteiger partial charge on any atom is 0.339 e. The second-order valence-electron chi connectivity index (χ2n) is 9.21. The van der Waals surface area contributed by atoms with Crippen molar-refractivity contribution >= 4 is 50.9 Å². The molecule has 0 saturated carbocycles. The van der Waals surface area contributed by atoms with Gasteiger partial charge in [-0.25, -0.2) is 4.79 Å². The standard InChI is InChI=1S/C30H32BrN3O5/c1-20-8-7-9-26(33-16-5-4-6-17-33)29(20)34(22-11-13-23(38-2)14-12-22)32-28(35)15-10-21-18-27(39-3)24(30(36)37)19-25(21)31/h7-15,18-19H,4-6,16-17H2,1-3H3,(H,32,35)(H,36,37)/b15-10+. The Kier molecular flexibility index (Phi) is 9.14. The average molecular weight is 595 g/mol. The van der Waals surface area contributed by atoms with Crippen LogP contribution < -0.4 is 24.8 Å². The monoisotopic (exact) mass is 593 g/mol. The summed E-state index contributed by atoms with van der Waals surface area (Å²) in [5.41, 5.74) is 7.45. The Morgan fingerprint density at radius 1 is 1.03 bits per heavy atom. The molecule has 1 fully saturated rings. The van der Waals surface area contributed by atoms with E-state index < -0.39 is 5.97 Å². The number of halogens is 1. The molecule has 204 valence electrons. The van der Waals surface area contributed by atoms with Crippen molar-refractivity contribution in [2.24, 2.45) is 0 Å². The van der Waals surface area contributed by atoms with Crippen LogP contribution in [0.15, 0.2) is 65.1 Å². The van der Waals surface area contributed by atoms with Crippen LogP contribution in [0.5, 0.6) is 11.5 Å². The number of hydrogen-bond donors (Lipinski definition) is 2. The number of carboxylic acids is 1. The fourth-order valence-corrected chi connectivity index (χ4v) is 5.13. The summed E-state index contributed by atoms with van der Waals surface area (Å²) < 4.78 is 11.1. The molecular formula is C30H32BrN3O5. The second-order valence-corrected chi connectivity index (χ2v) is 10.1. The Morgan fingerprint density at radius 2 is 1.74 bits per heavy atom. The Morgan fingerprint density at radius 3 is 2.38 bits per heavy atom. The summed E-state index contributed by atoms with van der Waals surface area (Å²) in [4.78, 5) is 27.2. The summed E-state index contributed by atoms with van der Waals surface area (Å²) in [6.07, 6.45) is 6.50. The lowest BCUT2D eigenvalue weighted by atomic mass is 10.1. The van der Waals surface area contributed by atoms with E-state index in [-0.39, 0.29) is 17.2 Å². The fourth-order valence-electron chi connectivity index (χ4n) is 4.65. The molecular weight excluding hydrogens is 562 g/mol. The van der Waals surface area contributed by atoms with Crippen molar-refractivity contribution in [2.75, 3.05) is 37.2 Å². The Balaban J connectivity index is 1.69. The molecule has 0 radical (unpaired) electrons.